The second-order valence-electron chi connectivity index (χ2n) is 2.98. The number of benzene rings is 1. The first kappa shape index (κ1) is 11.8. The maximum atomic E-state index is 10.5. The van der Waals surface area contributed by atoms with Crippen LogP contribution < -0.4 is 4.74 Å². The van der Waals surface area contributed by atoms with Crippen molar-refractivity contribution in [2.45, 2.75) is 6.42 Å². The van der Waals surface area contributed by atoms with Gasteiger partial charge in [0.15, 0.2) is 0 Å². The van der Waals surface area contributed by atoms with Crippen molar-refractivity contribution in [3.63, 3.8) is 0 Å². The lowest BCUT2D eigenvalue weighted by molar-refractivity contribution is -0.132. The minimum atomic E-state index is -1.21. The quantitative estimate of drug-likeness (QED) is 0.465. The SMILES string of the molecule is N#CC(=CCCOc1ccccc1)C(=O)O. The molecule has 1 aromatic rings. The van der Waals surface area contributed by atoms with Gasteiger partial charge in [-0.05, 0) is 12.1 Å². The van der Waals surface area contributed by atoms with Gasteiger partial charge in [0.25, 0.3) is 0 Å². The summed E-state index contributed by atoms with van der Waals surface area (Å²) in [6.45, 7) is 0.350. The third kappa shape index (κ3) is 3.84. The number of nitriles is 1. The van der Waals surface area contributed by atoms with E-state index in [0.717, 1.165) is 5.75 Å². The maximum absolute atomic E-state index is 10.5. The lowest BCUT2D eigenvalue weighted by Gasteiger charge is -2.02. The minimum Gasteiger partial charge on any atom is -0.493 e. The zero-order valence-electron chi connectivity index (χ0n) is 8.59. The van der Waals surface area contributed by atoms with Crippen molar-refractivity contribution in [1.29, 1.82) is 5.26 Å². The van der Waals surface area contributed by atoms with Gasteiger partial charge in [-0.3, -0.25) is 0 Å². The van der Waals surface area contributed by atoms with Gasteiger partial charge < -0.3 is 9.84 Å². The Bertz CT molecular complexity index is 418. The van der Waals surface area contributed by atoms with Crippen molar-refractivity contribution in [2.24, 2.45) is 0 Å². The summed E-state index contributed by atoms with van der Waals surface area (Å²) >= 11 is 0. The third-order valence-electron chi connectivity index (χ3n) is 1.83. The van der Waals surface area contributed by atoms with Crippen LogP contribution in [0.25, 0.3) is 0 Å². The van der Waals surface area contributed by atoms with Crippen LogP contribution in [0.5, 0.6) is 5.75 Å². The number of ether oxygens (including phenoxy) is 1. The van der Waals surface area contributed by atoms with Gasteiger partial charge in [-0.15, -0.1) is 0 Å². The molecule has 0 saturated heterocycles. The van der Waals surface area contributed by atoms with Crippen LogP contribution in [0.3, 0.4) is 0 Å². The van der Waals surface area contributed by atoms with E-state index < -0.39 is 5.97 Å². The van der Waals surface area contributed by atoms with Gasteiger partial charge in [0.2, 0.25) is 0 Å². The van der Waals surface area contributed by atoms with Crippen LogP contribution in [-0.2, 0) is 4.79 Å². The Labute approximate surface area is 93.4 Å². The van der Waals surface area contributed by atoms with Crippen molar-refractivity contribution in [2.75, 3.05) is 6.61 Å². The predicted molar refractivity (Wildman–Crippen MR) is 57.9 cm³/mol. The molecule has 4 heteroatoms. The number of rotatable bonds is 5. The molecule has 16 heavy (non-hydrogen) atoms. The Morgan fingerprint density at radius 1 is 1.44 bits per heavy atom. The lowest BCUT2D eigenvalue weighted by atomic mass is 10.2. The molecule has 0 unspecified atom stereocenters. The molecule has 0 aromatic heterocycles. The summed E-state index contributed by atoms with van der Waals surface area (Å²) in [6, 6.07) is 10.8. The van der Waals surface area contributed by atoms with Gasteiger partial charge in [0.05, 0.1) is 6.61 Å². The molecule has 0 aliphatic rings. The molecule has 0 amide bonds. The summed E-state index contributed by atoms with van der Waals surface area (Å²) in [7, 11) is 0. The van der Waals surface area contributed by atoms with Crippen LogP contribution >= 0.6 is 0 Å². The van der Waals surface area contributed by atoms with E-state index in [1.165, 1.54) is 6.08 Å². The van der Waals surface area contributed by atoms with Gasteiger partial charge in [-0.25, -0.2) is 4.79 Å². The van der Waals surface area contributed by atoms with E-state index in [0.29, 0.717) is 13.0 Å². The molecule has 0 saturated carbocycles. The standard InChI is InChI=1S/C12H11NO3/c13-9-10(12(14)15)5-4-8-16-11-6-2-1-3-7-11/h1-3,5-7H,4,8H2,(H,14,15). The Hall–Kier alpha value is -2.28. The Morgan fingerprint density at radius 2 is 2.12 bits per heavy atom. The molecule has 1 aromatic carbocycles. The summed E-state index contributed by atoms with van der Waals surface area (Å²) in [5, 5.41) is 17.0. The number of para-hydroxylation sites is 1. The van der Waals surface area contributed by atoms with Crippen molar-refractivity contribution >= 4 is 5.97 Å². The molecule has 0 aliphatic heterocycles. The molecule has 0 radical (unpaired) electrons. The third-order valence-corrected chi connectivity index (χ3v) is 1.83. The monoisotopic (exact) mass is 217 g/mol. The number of hydrogen-bond acceptors (Lipinski definition) is 3. The number of carbonyl (C=O) groups is 1. The van der Waals surface area contributed by atoms with Crippen LogP contribution in [-0.4, -0.2) is 17.7 Å². The lowest BCUT2D eigenvalue weighted by Crippen LogP contribution is -2.00. The number of carboxylic acids is 1. The highest BCUT2D eigenvalue weighted by Crippen LogP contribution is 2.08. The first-order chi connectivity index (χ1) is 7.74. The summed E-state index contributed by atoms with van der Waals surface area (Å²) in [5.41, 5.74) is -0.253. The van der Waals surface area contributed by atoms with E-state index in [2.05, 4.69) is 0 Å². The van der Waals surface area contributed by atoms with E-state index in [4.69, 9.17) is 15.1 Å². The van der Waals surface area contributed by atoms with E-state index in [1.807, 2.05) is 30.3 Å². The fraction of sp³-hybridized carbons (Fsp3) is 0.167. The maximum Gasteiger partial charge on any atom is 0.346 e. The zero-order valence-corrected chi connectivity index (χ0v) is 8.59. The Balaban J connectivity index is 2.37. The van der Waals surface area contributed by atoms with Crippen LogP contribution in [0.2, 0.25) is 0 Å². The van der Waals surface area contributed by atoms with Gasteiger partial charge in [-0.1, -0.05) is 24.3 Å². The van der Waals surface area contributed by atoms with Gasteiger partial charge in [0.1, 0.15) is 17.4 Å². The second-order valence-corrected chi connectivity index (χ2v) is 2.98. The van der Waals surface area contributed by atoms with Crippen molar-refractivity contribution in [1.82, 2.24) is 0 Å². The first-order valence-electron chi connectivity index (χ1n) is 4.75. The second kappa shape index (κ2) is 6.25. The summed E-state index contributed by atoms with van der Waals surface area (Å²) < 4.78 is 5.33. The molecular formula is C12H11NO3. The van der Waals surface area contributed by atoms with Crippen molar-refractivity contribution in [3.05, 3.63) is 42.0 Å². The molecule has 82 valence electrons. The highest BCUT2D eigenvalue weighted by molar-refractivity contribution is 5.90. The van der Waals surface area contributed by atoms with Crippen LogP contribution in [0.1, 0.15) is 6.42 Å². The molecule has 0 fully saturated rings. The summed E-state index contributed by atoms with van der Waals surface area (Å²) in [6.07, 6.45) is 1.75. The van der Waals surface area contributed by atoms with Gasteiger partial charge in [0, 0.05) is 6.42 Å². The number of nitrogens with zero attached hydrogens (tertiary/aromatic N) is 1. The molecule has 0 aliphatic carbocycles. The Kier molecular flexibility index (Phi) is 4.61. The normalized spacial score (nSPS) is 10.6. The van der Waals surface area contributed by atoms with Crippen molar-refractivity contribution in [3.8, 4) is 11.8 Å². The van der Waals surface area contributed by atoms with Gasteiger partial charge in [-0.2, -0.15) is 5.26 Å². The fourth-order valence-corrected chi connectivity index (χ4v) is 1.08. The Morgan fingerprint density at radius 3 is 2.69 bits per heavy atom. The molecule has 0 bridgehead atoms. The molecular weight excluding hydrogens is 206 g/mol. The molecule has 0 heterocycles. The van der Waals surface area contributed by atoms with Crippen molar-refractivity contribution < 1.29 is 14.6 Å². The number of carboxylic acid groups (broad SMARTS) is 1. The molecule has 0 spiro atoms. The summed E-state index contributed by atoms with van der Waals surface area (Å²) in [4.78, 5) is 10.5. The fourth-order valence-electron chi connectivity index (χ4n) is 1.08. The number of hydrogen-bond donors (Lipinski definition) is 1. The molecule has 1 rings (SSSR count). The largest absolute Gasteiger partial charge is 0.493 e. The van der Waals surface area contributed by atoms with E-state index >= 15 is 0 Å². The van der Waals surface area contributed by atoms with E-state index in [1.54, 1.807) is 6.07 Å². The zero-order chi connectivity index (χ0) is 11.8. The average Bonchev–Trinajstić information content (AvgIpc) is 2.30. The molecule has 1 N–H and O–H groups in total. The predicted octanol–water partition coefficient (Wildman–Crippen LogP) is 1.99. The molecule has 4 nitrogen and oxygen atoms in total. The number of aliphatic carboxylic acids is 1. The average molecular weight is 217 g/mol. The highest BCUT2D eigenvalue weighted by atomic mass is 16.5. The van der Waals surface area contributed by atoms with E-state index in [9.17, 15) is 4.79 Å². The van der Waals surface area contributed by atoms with Gasteiger partial charge >= 0.3 is 5.97 Å². The minimum absolute atomic E-state index is 0.253. The van der Waals surface area contributed by atoms with Crippen LogP contribution in [0.15, 0.2) is 42.0 Å². The smallest absolute Gasteiger partial charge is 0.346 e. The van der Waals surface area contributed by atoms with E-state index in [-0.39, 0.29) is 5.57 Å². The topological polar surface area (TPSA) is 70.3 Å². The first-order valence-corrected chi connectivity index (χ1v) is 4.75. The molecule has 0 atom stereocenters. The summed E-state index contributed by atoms with van der Waals surface area (Å²) in [5.74, 6) is -0.480. The highest BCUT2D eigenvalue weighted by Gasteiger charge is 2.03. The van der Waals surface area contributed by atoms with Crippen LogP contribution in [0.4, 0.5) is 0 Å². The van der Waals surface area contributed by atoms with Crippen LogP contribution in [0, 0.1) is 11.3 Å².